The Hall–Kier alpha value is -3.09. The molecule has 0 bridgehead atoms. The lowest BCUT2D eigenvalue weighted by Gasteiger charge is -2.46. The standard InChI is InChI=1S/C29H34O5Si/c1-29(2,3)35(22-12-8-6-9-13-22,23-14-10-7-11-15-23)34-28(25-18-19-27(30)33-25)21-16-17-24(31-4)26(20-21)32-5/h6-17,20,25,28H,18-19H2,1-5H3/t25-,28+/m1/s1. The molecule has 0 N–H and O–H groups in total. The summed E-state index contributed by atoms with van der Waals surface area (Å²) in [7, 11) is 0.340. The monoisotopic (exact) mass is 490 g/mol. The molecule has 2 atom stereocenters. The molecule has 1 saturated heterocycles. The van der Waals surface area contributed by atoms with E-state index in [1.54, 1.807) is 14.2 Å². The third-order valence-electron chi connectivity index (χ3n) is 6.71. The van der Waals surface area contributed by atoms with Crippen molar-refractivity contribution in [1.82, 2.24) is 0 Å². The number of carbonyl (C=O) groups is 1. The zero-order valence-electron chi connectivity index (χ0n) is 21.1. The number of carbonyl (C=O) groups excluding carboxylic acids is 1. The van der Waals surface area contributed by atoms with E-state index in [-0.39, 0.29) is 17.1 Å². The predicted molar refractivity (Wildman–Crippen MR) is 140 cm³/mol. The van der Waals surface area contributed by atoms with E-state index < -0.39 is 14.4 Å². The minimum atomic E-state index is -2.90. The van der Waals surface area contributed by atoms with Crippen LogP contribution in [0.25, 0.3) is 0 Å². The van der Waals surface area contributed by atoms with Crippen molar-refractivity contribution in [3.05, 3.63) is 84.4 Å². The highest BCUT2D eigenvalue weighted by Crippen LogP contribution is 2.43. The summed E-state index contributed by atoms with van der Waals surface area (Å²) in [6, 6.07) is 26.8. The molecule has 3 aromatic carbocycles. The van der Waals surface area contributed by atoms with Gasteiger partial charge >= 0.3 is 5.97 Å². The Morgan fingerprint density at radius 2 is 1.43 bits per heavy atom. The Balaban J connectivity index is 1.92. The molecule has 0 saturated carbocycles. The number of ether oxygens (including phenoxy) is 3. The van der Waals surface area contributed by atoms with Crippen molar-refractivity contribution in [3.8, 4) is 11.5 Å². The van der Waals surface area contributed by atoms with Gasteiger partial charge in [-0.1, -0.05) is 87.5 Å². The van der Waals surface area contributed by atoms with Gasteiger partial charge in [0.1, 0.15) is 12.2 Å². The van der Waals surface area contributed by atoms with Crippen LogP contribution >= 0.6 is 0 Å². The quantitative estimate of drug-likeness (QED) is 0.328. The van der Waals surface area contributed by atoms with Crippen LogP contribution < -0.4 is 19.8 Å². The van der Waals surface area contributed by atoms with Crippen molar-refractivity contribution in [2.24, 2.45) is 0 Å². The summed E-state index contributed by atoms with van der Waals surface area (Å²) in [5.74, 6) is 1.07. The van der Waals surface area contributed by atoms with Gasteiger partial charge in [-0.3, -0.25) is 4.79 Å². The molecular formula is C29H34O5Si. The van der Waals surface area contributed by atoms with Crippen LogP contribution in [0.4, 0.5) is 0 Å². The molecule has 6 heteroatoms. The van der Waals surface area contributed by atoms with Crippen LogP contribution in [0, 0.1) is 0 Å². The number of rotatable bonds is 8. The number of esters is 1. The van der Waals surface area contributed by atoms with Crippen LogP contribution in [0.5, 0.6) is 11.5 Å². The lowest BCUT2D eigenvalue weighted by atomic mass is 10.0. The molecular weight excluding hydrogens is 456 g/mol. The van der Waals surface area contributed by atoms with Gasteiger partial charge in [-0.15, -0.1) is 0 Å². The normalized spacial score (nSPS) is 17.1. The summed E-state index contributed by atoms with van der Waals surface area (Å²) < 4.78 is 24.3. The molecule has 1 fully saturated rings. The Morgan fingerprint density at radius 3 is 1.89 bits per heavy atom. The summed E-state index contributed by atoms with van der Waals surface area (Å²) in [4.78, 5) is 12.2. The zero-order valence-corrected chi connectivity index (χ0v) is 22.1. The fraction of sp³-hybridized carbons (Fsp3) is 0.345. The van der Waals surface area contributed by atoms with Crippen LogP contribution in [0.2, 0.25) is 5.04 Å². The fourth-order valence-electron chi connectivity index (χ4n) is 5.03. The Bertz CT molecular complexity index is 1100. The second kappa shape index (κ2) is 10.3. The smallest absolute Gasteiger partial charge is 0.306 e. The maximum atomic E-state index is 12.2. The van der Waals surface area contributed by atoms with E-state index in [0.717, 1.165) is 5.56 Å². The van der Waals surface area contributed by atoms with E-state index in [1.165, 1.54) is 10.4 Å². The van der Waals surface area contributed by atoms with Gasteiger partial charge in [-0.05, 0) is 39.5 Å². The summed E-state index contributed by atoms with van der Waals surface area (Å²) >= 11 is 0. The SMILES string of the molecule is COc1ccc([C@H](O[Si](c2ccccc2)(c2ccccc2)C(C)(C)C)[C@H]2CCC(=O)O2)cc1OC. The largest absolute Gasteiger partial charge is 0.493 e. The van der Waals surface area contributed by atoms with Crippen molar-refractivity contribution in [2.45, 2.75) is 50.9 Å². The van der Waals surface area contributed by atoms with Crippen LogP contribution in [-0.2, 0) is 14.0 Å². The maximum absolute atomic E-state index is 12.2. The molecule has 3 aromatic rings. The lowest BCUT2D eigenvalue weighted by molar-refractivity contribution is -0.145. The molecule has 0 radical (unpaired) electrons. The van der Waals surface area contributed by atoms with E-state index in [0.29, 0.717) is 24.3 Å². The van der Waals surface area contributed by atoms with Crippen LogP contribution in [0.3, 0.4) is 0 Å². The predicted octanol–water partition coefficient (Wildman–Crippen LogP) is 5.03. The molecule has 0 aromatic heterocycles. The topological polar surface area (TPSA) is 54.0 Å². The first-order chi connectivity index (χ1) is 16.8. The molecule has 1 aliphatic rings. The molecule has 5 nitrogen and oxygen atoms in total. The molecule has 4 rings (SSSR count). The minimum Gasteiger partial charge on any atom is -0.493 e. The Morgan fingerprint density at radius 1 is 0.857 bits per heavy atom. The Labute approximate surface area is 209 Å². The van der Waals surface area contributed by atoms with Crippen molar-refractivity contribution in [2.75, 3.05) is 14.2 Å². The summed E-state index contributed by atoms with van der Waals surface area (Å²) in [6.45, 7) is 6.72. The van der Waals surface area contributed by atoms with Crippen LogP contribution in [0.1, 0.15) is 45.3 Å². The molecule has 0 amide bonds. The van der Waals surface area contributed by atoms with Gasteiger partial charge < -0.3 is 18.6 Å². The van der Waals surface area contributed by atoms with E-state index in [9.17, 15) is 4.79 Å². The summed E-state index contributed by atoms with van der Waals surface area (Å²) in [6.07, 6.45) is 0.143. The van der Waals surface area contributed by atoms with Crippen LogP contribution in [-0.4, -0.2) is 34.6 Å². The molecule has 184 valence electrons. The van der Waals surface area contributed by atoms with Gasteiger partial charge in [0, 0.05) is 6.42 Å². The molecule has 0 aliphatic carbocycles. The van der Waals surface area contributed by atoms with Crippen molar-refractivity contribution in [1.29, 1.82) is 0 Å². The zero-order chi connectivity index (χ0) is 25.1. The fourth-order valence-corrected chi connectivity index (χ4v) is 9.71. The van der Waals surface area contributed by atoms with Gasteiger partial charge in [-0.2, -0.15) is 0 Å². The van der Waals surface area contributed by atoms with Gasteiger partial charge in [-0.25, -0.2) is 0 Å². The minimum absolute atomic E-state index is 0.188. The summed E-state index contributed by atoms with van der Waals surface area (Å²) in [5.41, 5.74) is 0.898. The molecule has 0 unspecified atom stereocenters. The van der Waals surface area contributed by atoms with Gasteiger partial charge in [0.15, 0.2) is 11.5 Å². The van der Waals surface area contributed by atoms with Crippen molar-refractivity contribution < 1.29 is 23.4 Å². The van der Waals surface area contributed by atoms with Gasteiger partial charge in [0.25, 0.3) is 8.32 Å². The second-order valence-corrected chi connectivity index (χ2v) is 14.1. The molecule has 35 heavy (non-hydrogen) atoms. The first-order valence-corrected chi connectivity index (χ1v) is 13.9. The average molecular weight is 491 g/mol. The number of cyclic esters (lactones) is 1. The highest BCUT2D eigenvalue weighted by Gasteiger charge is 2.53. The van der Waals surface area contributed by atoms with E-state index in [1.807, 2.05) is 30.3 Å². The maximum Gasteiger partial charge on any atom is 0.306 e. The highest BCUT2D eigenvalue weighted by atomic mass is 28.4. The number of hydrogen-bond donors (Lipinski definition) is 0. The van der Waals surface area contributed by atoms with E-state index >= 15 is 0 Å². The van der Waals surface area contributed by atoms with E-state index in [2.05, 4.69) is 69.3 Å². The molecule has 1 aliphatic heterocycles. The van der Waals surface area contributed by atoms with Crippen molar-refractivity contribution in [3.63, 3.8) is 0 Å². The number of methoxy groups -OCH3 is 2. The average Bonchev–Trinajstić information content (AvgIpc) is 3.30. The highest BCUT2D eigenvalue weighted by molar-refractivity contribution is 6.99. The third-order valence-corrected chi connectivity index (χ3v) is 11.7. The first kappa shape index (κ1) is 25.0. The number of benzene rings is 3. The first-order valence-electron chi connectivity index (χ1n) is 12.0. The van der Waals surface area contributed by atoms with E-state index in [4.69, 9.17) is 18.6 Å². The van der Waals surface area contributed by atoms with Crippen molar-refractivity contribution >= 4 is 24.7 Å². The molecule has 1 heterocycles. The van der Waals surface area contributed by atoms with Crippen LogP contribution in [0.15, 0.2) is 78.9 Å². The third kappa shape index (κ3) is 4.86. The number of hydrogen-bond acceptors (Lipinski definition) is 5. The van der Waals surface area contributed by atoms with Gasteiger partial charge in [0.05, 0.1) is 14.2 Å². The second-order valence-electron chi connectivity index (χ2n) is 9.88. The summed E-state index contributed by atoms with van der Waals surface area (Å²) in [5, 5.41) is 2.13. The lowest BCUT2D eigenvalue weighted by Crippen LogP contribution is -2.67. The van der Waals surface area contributed by atoms with Gasteiger partial charge in [0.2, 0.25) is 0 Å². The Kier molecular flexibility index (Phi) is 7.33. The molecule has 0 spiro atoms.